The number of amides is 1. The van der Waals surface area contributed by atoms with E-state index in [1.807, 2.05) is 11.6 Å². The number of hydrogen-bond donors (Lipinski definition) is 2. The second kappa shape index (κ2) is 6.39. The lowest BCUT2D eigenvalue weighted by Gasteiger charge is -2.10. The van der Waals surface area contributed by atoms with Crippen LogP contribution < -0.4 is 5.32 Å². The lowest BCUT2D eigenvalue weighted by atomic mass is 10.1. The summed E-state index contributed by atoms with van der Waals surface area (Å²) >= 11 is 0. The van der Waals surface area contributed by atoms with Gasteiger partial charge in [0.05, 0.1) is 24.1 Å². The third-order valence-electron chi connectivity index (χ3n) is 2.46. The Balaban J connectivity index is 2.85. The van der Waals surface area contributed by atoms with Crippen LogP contribution in [0.15, 0.2) is 6.20 Å². The molecule has 1 rings (SSSR count). The van der Waals surface area contributed by atoms with Crippen LogP contribution in [0.3, 0.4) is 0 Å². The SMILES string of the molecule is CCc1c(C(=O)NCCO)cnn1CC(C)C. The topological polar surface area (TPSA) is 67.2 Å². The van der Waals surface area contributed by atoms with Crippen LogP contribution in [0.1, 0.15) is 36.8 Å². The summed E-state index contributed by atoms with van der Waals surface area (Å²) in [5, 5.41) is 15.6. The van der Waals surface area contributed by atoms with Gasteiger partial charge in [0.1, 0.15) is 0 Å². The Labute approximate surface area is 102 Å². The summed E-state index contributed by atoms with van der Waals surface area (Å²) in [6, 6.07) is 0. The zero-order valence-corrected chi connectivity index (χ0v) is 10.7. The molecule has 1 aromatic heterocycles. The van der Waals surface area contributed by atoms with E-state index in [1.54, 1.807) is 6.20 Å². The number of carbonyl (C=O) groups is 1. The molecule has 0 aliphatic carbocycles. The fourth-order valence-electron chi connectivity index (χ4n) is 1.74. The predicted octanol–water partition coefficient (Wildman–Crippen LogP) is 0.824. The minimum Gasteiger partial charge on any atom is -0.395 e. The maximum atomic E-state index is 11.8. The molecule has 2 N–H and O–H groups in total. The Morgan fingerprint density at radius 3 is 2.82 bits per heavy atom. The third kappa shape index (κ3) is 3.56. The minimum absolute atomic E-state index is 0.0483. The summed E-state index contributed by atoms with van der Waals surface area (Å²) in [5.74, 6) is 0.333. The molecule has 0 bridgehead atoms. The molecule has 1 aromatic rings. The maximum absolute atomic E-state index is 11.8. The Kier molecular flexibility index (Phi) is 5.15. The van der Waals surface area contributed by atoms with Crippen molar-refractivity contribution in [3.8, 4) is 0 Å². The monoisotopic (exact) mass is 239 g/mol. The fraction of sp³-hybridized carbons (Fsp3) is 0.667. The third-order valence-corrected chi connectivity index (χ3v) is 2.46. The van der Waals surface area contributed by atoms with E-state index in [-0.39, 0.29) is 19.1 Å². The van der Waals surface area contributed by atoms with Gasteiger partial charge in [-0.2, -0.15) is 5.10 Å². The van der Waals surface area contributed by atoms with Crippen molar-refractivity contribution in [1.82, 2.24) is 15.1 Å². The smallest absolute Gasteiger partial charge is 0.254 e. The van der Waals surface area contributed by atoms with Crippen molar-refractivity contribution in [3.63, 3.8) is 0 Å². The molecule has 5 heteroatoms. The molecule has 96 valence electrons. The van der Waals surface area contributed by atoms with Gasteiger partial charge >= 0.3 is 0 Å². The van der Waals surface area contributed by atoms with E-state index in [2.05, 4.69) is 24.3 Å². The highest BCUT2D eigenvalue weighted by Crippen LogP contribution is 2.11. The molecule has 0 radical (unpaired) electrons. The number of hydrogen-bond acceptors (Lipinski definition) is 3. The van der Waals surface area contributed by atoms with Crippen molar-refractivity contribution in [2.45, 2.75) is 33.7 Å². The normalized spacial score (nSPS) is 10.9. The first-order valence-corrected chi connectivity index (χ1v) is 6.03. The summed E-state index contributed by atoms with van der Waals surface area (Å²) in [6.07, 6.45) is 2.38. The van der Waals surface area contributed by atoms with E-state index < -0.39 is 0 Å². The largest absolute Gasteiger partial charge is 0.395 e. The lowest BCUT2D eigenvalue weighted by Crippen LogP contribution is -2.27. The molecule has 17 heavy (non-hydrogen) atoms. The Bertz CT molecular complexity index is 372. The van der Waals surface area contributed by atoms with E-state index in [9.17, 15) is 4.79 Å². The zero-order chi connectivity index (χ0) is 12.8. The molecule has 0 saturated heterocycles. The Hall–Kier alpha value is -1.36. The molecule has 0 spiro atoms. The van der Waals surface area contributed by atoms with E-state index >= 15 is 0 Å². The molecule has 0 saturated carbocycles. The predicted molar refractivity (Wildman–Crippen MR) is 65.9 cm³/mol. The molecular formula is C12H21N3O2. The molecule has 0 aromatic carbocycles. The summed E-state index contributed by atoms with van der Waals surface area (Å²) in [6.45, 7) is 7.29. The van der Waals surface area contributed by atoms with Crippen molar-refractivity contribution in [2.75, 3.05) is 13.2 Å². The Morgan fingerprint density at radius 2 is 2.29 bits per heavy atom. The van der Waals surface area contributed by atoms with E-state index in [0.29, 0.717) is 11.5 Å². The molecule has 0 unspecified atom stereocenters. The van der Waals surface area contributed by atoms with Crippen LogP contribution in [0.4, 0.5) is 0 Å². The van der Waals surface area contributed by atoms with Crippen molar-refractivity contribution in [1.29, 1.82) is 0 Å². The summed E-state index contributed by atoms with van der Waals surface area (Å²) in [4.78, 5) is 11.8. The van der Waals surface area contributed by atoms with Gasteiger partial charge in [-0.05, 0) is 12.3 Å². The van der Waals surface area contributed by atoms with Gasteiger partial charge < -0.3 is 10.4 Å². The van der Waals surface area contributed by atoms with E-state index in [0.717, 1.165) is 18.7 Å². The van der Waals surface area contributed by atoms with Crippen LogP contribution in [0, 0.1) is 5.92 Å². The van der Waals surface area contributed by atoms with Gasteiger partial charge in [-0.15, -0.1) is 0 Å². The number of carbonyl (C=O) groups excluding carboxylic acids is 1. The minimum atomic E-state index is -0.161. The second-order valence-electron chi connectivity index (χ2n) is 4.41. The zero-order valence-electron chi connectivity index (χ0n) is 10.7. The van der Waals surface area contributed by atoms with Crippen LogP contribution in [-0.2, 0) is 13.0 Å². The quantitative estimate of drug-likeness (QED) is 0.772. The molecule has 1 amide bonds. The summed E-state index contributed by atoms with van der Waals surface area (Å²) in [5.41, 5.74) is 1.57. The van der Waals surface area contributed by atoms with E-state index in [1.165, 1.54) is 0 Å². The van der Waals surface area contributed by atoms with Gasteiger partial charge in [0.25, 0.3) is 5.91 Å². The Morgan fingerprint density at radius 1 is 1.59 bits per heavy atom. The average Bonchev–Trinajstić information content (AvgIpc) is 2.67. The molecule has 0 aliphatic heterocycles. The molecule has 5 nitrogen and oxygen atoms in total. The average molecular weight is 239 g/mol. The highest BCUT2D eigenvalue weighted by atomic mass is 16.3. The van der Waals surface area contributed by atoms with Crippen molar-refractivity contribution >= 4 is 5.91 Å². The van der Waals surface area contributed by atoms with Gasteiger partial charge in [0.15, 0.2) is 0 Å². The number of aromatic nitrogens is 2. The molecule has 0 aliphatic rings. The van der Waals surface area contributed by atoms with Crippen molar-refractivity contribution < 1.29 is 9.90 Å². The number of nitrogens with zero attached hydrogens (tertiary/aromatic N) is 2. The van der Waals surface area contributed by atoms with Gasteiger partial charge in [0, 0.05) is 13.1 Å². The molecule has 0 fully saturated rings. The van der Waals surface area contributed by atoms with Crippen LogP contribution in [0.25, 0.3) is 0 Å². The first-order valence-electron chi connectivity index (χ1n) is 6.03. The van der Waals surface area contributed by atoms with Crippen LogP contribution in [0.5, 0.6) is 0 Å². The first-order chi connectivity index (χ1) is 8.10. The fourth-order valence-corrected chi connectivity index (χ4v) is 1.74. The summed E-state index contributed by atoms with van der Waals surface area (Å²) < 4.78 is 1.89. The first kappa shape index (κ1) is 13.7. The molecular weight excluding hydrogens is 218 g/mol. The van der Waals surface area contributed by atoms with Gasteiger partial charge in [-0.3, -0.25) is 9.48 Å². The second-order valence-corrected chi connectivity index (χ2v) is 4.41. The number of aliphatic hydroxyl groups is 1. The van der Waals surface area contributed by atoms with Crippen LogP contribution in [-0.4, -0.2) is 33.9 Å². The number of rotatable bonds is 6. The maximum Gasteiger partial charge on any atom is 0.254 e. The standard InChI is InChI=1S/C12H21N3O2/c1-4-11-10(12(17)13-5-6-16)7-14-15(11)8-9(2)3/h7,9,16H,4-6,8H2,1-3H3,(H,13,17). The van der Waals surface area contributed by atoms with E-state index in [4.69, 9.17) is 5.11 Å². The number of nitrogens with one attached hydrogen (secondary N) is 1. The number of aliphatic hydroxyl groups excluding tert-OH is 1. The van der Waals surface area contributed by atoms with Gasteiger partial charge in [0.2, 0.25) is 0 Å². The highest BCUT2D eigenvalue weighted by molar-refractivity contribution is 5.95. The van der Waals surface area contributed by atoms with Crippen molar-refractivity contribution in [3.05, 3.63) is 17.5 Å². The molecule has 1 heterocycles. The highest BCUT2D eigenvalue weighted by Gasteiger charge is 2.15. The van der Waals surface area contributed by atoms with Crippen LogP contribution >= 0.6 is 0 Å². The van der Waals surface area contributed by atoms with Gasteiger partial charge in [-0.25, -0.2) is 0 Å². The van der Waals surface area contributed by atoms with Crippen LogP contribution in [0.2, 0.25) is 0 Å². The molecule has 0 atom stereocenters. The van der Waals surface area contributed by atoms with Gasteiger partial charge in [-0.1, -0.05) is 20.8 Å². The lowest BCUT2D eigenvalue weighted by molar-refractivity contribution is 0.0943. The van der Waals surface area contributed by atoms with Crippen molar-refractivity contribution in [2.24, 2.45) is 5.92 Å². The summed E-state index contributed by atoms with van der Waals surface area (Å²) in [7, 11) is 0.